The fraction of sp³-hybridized carbons (Fsp3) is 0.500. The average molecular weight is 391 g/mol. The zero-order chi connectivity index (χ0) is 19.6. The van der Waals surface area contributed by atoms with Crippen LogP contribution >= 0.6 is 11.6 Å². The van der Waals surface area contributed by atoms with Crippen LogP contribution in [0.15, 0.2) is 35.3 Å². The zero-order valence-electron chi connectivity index (χ0n) is 16.4. The molecule has 1 spiro atoms. The minimum atomic E-state index is -0.205. The van der Waals surface area contributed by atoms with Crippen LogP contribution in [0.1, 0.15) is 37.6 Å². The van der Waals surface area contributed by atoms with Gasteiger partial charge in [-0.15, -0.1) is 0 Å². The predicted octanol–water partition coefficient (Wildman–Crippen LogP) is 3.43. The van der Waals surface area contributed by atoms with Gasteiger partial charge in [-0.05, 0) is 31.9 Å². The van der Waals surface area contributed by atoms with Gasteiger partial charge in [-0.25, -0.2) is 4.98 Å². The van der Waals surface area contributed by atoms with Crippen molar-refractivity contribution in [3.05, 3.63) is 46.0 Å². The SMILES string of the molecule is C/C=C(Nc1cc(Cl)ncc1C(=O)NC)\C(C)=C(/CC)N1CC2(COC2)C1. The van der Waals surface area contributed by atoms with Gasteiger partial charge < -0.3 is 20.3 Å². The molecule has 1 aromatic heterocycles. The second-order valence-electron chi connectivity index (χ2n) is 7.23. The summed E-state index contributed by atoms with van der Waals surface area (Å²) in [5, 5.41) is 6.37. The Bertz CT molecular complexity index is 791. The molecule has 0 saturated carbocycles. The molecule has 0 aliphatic carbocycles. The average Bonchev–Trinajstić information content (AvgIpc) is 2.59. The van der Waals surface area contributed by atoms with Crippen LogP contribution < -0.4 is 10.6 Å². The third-order valence-corrected chi connectivity index (χ3v) is 5.53. The molecule has 146 valence electrons. The Balaban J connectivity index is 1.84. The molecule has 2 aliphatic heterocycles. The van der Waals surface area contributed by atoms with Crippen molar-refractivity contribution in [1.82, 2.24) is 15.2 Å². The third kappa shape index (κ3) is 3.82. The van der Waals surface area contributed by atoms with Gasteiger partial charge in [0, 0.05) is 37.7 Å². The van der Waals surface area contributed by atoms with Gasteiger partial charge >= 0.3 is 0 Å². The first-order chi connectivity index (χ1) is 12.9. The lowest BCUT2D eigenvalue weighted by molar-refractivity contribution is -0.180. The van der Waals surface area contributed by atoms with Gasteiger partial charge in [-0.3, -0.25) is 4.79 Å². The van der Waals surface area contributed by atoms with E-state index in [0.29, 0.717) is 21.8 Å². The number of nitrogens with one attached hydrogen (secondary N) is 2. The van der Waals surface area contributed by atoms with Crippen molar-refractivity contribution in [1.29, 1.82) is 0 Å². The van der Waals surface area contributed by atoms with E-state index in [-0.39, 0.29) is 5.91 Å². The first kappa shape index (κ1) is 19.7. The molecule has 1 aromatic rings. The number of nitrogens with zero attached hydrogens (tertiary/aromatic N) is 2. The highest BCUT2D eigenvalue weighted by atomic mass is 35.5. The molecule has 0 aromatic carbocycles. The summed E-state index contributed by atoms with van der Waals surface area (Å²) in [5.41, 5.74) is 4.92. The number of carbonyl (C=O) groups excluding carboxylic acids is 1. The van der Waals surface area contributed by atoms with E-state index in [9.17, 15) is 4.79 Å². The second kappa shape index (κ2) is 7.90. The van der Waals surface area contributed by atoms with E-state index in [0.717, 1.165) is 38.4 Å². The highest BCUT2D eigenvalue weighted by Crippen LogP contribution is 2.41. The van der Waals surface area contributed by atoms with E-state index in [1.165, 1.54) is 17.5 Å². The molecule has 0 unspecified atom stereocenters. The lowest BCUT2D eigenvalue weighted by Gasteiger charge is -2.57. The molecule has 3 rings (SSSR count). The zero-order valence-corrected chi connectivity index (χ0v) is 17.1. The molecule has 6 nitrogen and oxygen atoms in total. The molecule has 0 bridgehead atoms. The molecular weight excluding hydrogens is 364 g/mol. The fourth-order valence-electron chi connectivity index (χ4n) is 3.79. The highest BCUT2D eigenvalue weighted by Gasteiger charge is 2.49. The molecule has 0 radical (unpaired) electrons. The number of anilines is 1. The molecule has 2 fully saturated rings. The van der Waals surface area contributed by atoms with E-state index in [1.54, 1.807) is 13.1 Å². The van der Waals surface area contributed by atoms with Crippen molar-refractivity contribution in [2.75, 3.05) is 38.7 Å². The first-order valence-electron chi connectivity index (χ1n) is 9.27. The Morgan fingerprint density at radius 1 is 1.44 bits per heavy atom. The molecule has 2 N–H and O–H groups in total. The van der Waals surface area contributed by atoms with E-state index in [4.69, 9.17) is 16.3 Å². The predicted molar refractivity (Wildman–Crippen MR) is 108 cm³/mol. The summed E-state index contributed by atoms with van der Waals surface area (Å²) >= 11 is 6.06. The van der Waals surface area contributed by atoms with Gasteiger partial charge in [0.2, 0.25) is 0 Å². The largest absolute Gasteiger partial charge is 0.380 e. The van der Waals surface area contributed by atoms with Crippen LogP contribution in [-0.4, -0.2) is 49.1 Å². The lowest BCUT2D eigenvalue weighted by Crippen LogP contribution is -2.65. The molecule has 7 heteroatoms. The van der Waals surface area contributed by atoms with Crippen LogP contribution in [0.4, 0.5) is 5.69 Å². The summed E-state index contributed by atoms with van der Waals surface area (Å²) in [7, 11) is 1.60. The smallest absolute Gasteiger partial charge is 0.254 e. The van der Waals surface area contributed by atoms with Gasteiger partial charge in [0.1, 0.15) is 5.15 Å². The summed E-state index contributed by atoms with van der Waals surface area (Å²) in [4.78, 5) is 18.6. The number of halogens is 1. The summed E-state index contributed by atoms with van der Waals surface area (Å²) in [6, 6.07) is 1.68. The number of rotatable bonds is 6. The highest BCUT2D eigenvalue weighted by molar-refractivity contribution is 6.29. The van der Waals surface area contributed by atoms with E-state index in [2.05, 4.69) is 34.4 Å². The standard InChI is InChI=1S/C20H27ClN4O2/c1-5-15(24-16-7-18(21)23-8-14(16)19(26)22-4)13(3)17(6-2)25-9-20(10-25)11-27-12-20/h5,7-8H,6,9-12H2,1-4H3,(H,22,26)(H,23,24)/b15-5+,17-13+. The number of allylic oxidation sites excluding steroid dienone is 3. The summed E-state index contributed by atoms with van der Waals surface area (Å²) < 4.78 is 5.38. The van der Waals surface area contributed by atoms with Crippen LogP contribution in [0.3, 0.4) is 0 Å². The maximum Gasteiger partial charge on any atom is 0.254 e. The number of amides is 1. The summed E-state index contributed by atoms with van der Waals surface area (Å²) in [6.45, 7) is 10.1. The van der Waals surface area contributed by atoms with Crippen LogP contribution in [0, 0.1) is 5.41 Å². The molecule has 1 amide bonds. The van der Waals surface area contributed by atoms with Crippen LogP contribution in [0.25, 0.3) is 0 Å². The van der Waals surface area contributed by atoms with Crippen molar-refractivity contribution >= 4 is 23.2 Å². The minimum absolute atomic E-state index is 0.205. The lowest BCUT2D eigenvalue weighted by atomic mass is 9.77. The van der Waals surface area contributed by atoms with Gasteiger partial charge in [-0.1, -0.05) is 24.6 Å². The molecule has 2 saturated heterocycles. The Labute approximate surface area is 165 Å². The summed E-state index contributed by atoms with van der Waals surface area (Å²) in [6.07, 6.45) is 4.46. The Morgan fingerprint density at radius 3 is 2.67 bits per heavy atom. The molecule has 0 atom stereocenters. The number of aromatic nitrogens is 1. The quantitative estimate of drug-likeness (QED) is 0.575. The second-order valence-corrected chi connectivity index (χ2v) is 7.62. The van der Waals surface area contributed by atoms with Crippen LogP contribution in [0.2, 0.25) is 5.15 Å². The van der Waals surface area contributed by atoms with E-state index < -0.39 is 0 Å². The monoisotopic (exact) mass is 390 g/mol. The topological polar surface area (TPSA) is 66.5 Å². The molecule has 27 heavy (non-hydrogen) atoms. The van der Waals surface area contributed by atoms with Gasteiger partial charge in [0.25, 0.3) is 5.91 Å². The molecule has 2 aliphatic rings. The number of hydrogen-bond acceptors (Lipinski definition) is 5. The normalized spacial score (nSPS) is 19.1. The summed E-state index contributed by atoms with van der Waals surface area (Å²) in [5.74, 6) is -0.205. The van der Waals surface area contributed by atoms with Crippen molar-refractivity contribution in [2.24, 2.45) is 5.41 Å². The molecular formula is C20H27ClN4O2. The third-order valence-electron chi connectivity index (χ3n) is 5.32. The maximum absolute atomic E-state index is 12.2. The van der Waals surface area contributed by atoms with E-state index in [1.807, 2.05) is 13.0 Å². The fourth-order valence-corrected chi connectivity index (χ4v) is 3.94. The van der Waals surface area contributed by atoms with Crippen molar-refractivity contribution < 1.29 is 9.53 Å². The maximum atomic E-state index is 12.2. The Hall–Kier alpha value is -2.05. The number of pyridine rings is 1. The number of carbonyl (C=O) groups is 1. The minimum Gasteiger partial charge on any atom is -0.380 e. The first-order valence-corrected chi connectivity index (χ1v) is 9.64. The van der Waals surface area contributed by atoms with Gasteiger partial charge in [0.05, 0.1) is 29.9 Å². The number of ether oxygens (including phenoxy) is 1. The van der Waals surface area contributed by atoms with Crippen LogP contribution in [-0.2, 0) is 4.74 Å². The van der Waals surface area contributed by atoms with Crippen LogP contribution in [0.5, 0.6) is 0 Å². The number of likely N-dealkylation sites (tertiary alicyclic amines) is 1. The Morgan fingerprint density at radius 2 is 2.15 bits per heavy atom. The Kier molecular flexibility index (Phi) is 5.77. The van der Waals surface area contributed by atoms with Crippen molar-refractivity contribution in [3.63, 3.8) is 0 Å². The van der Waals surface area contributed by atoms with Gasteiger partial charge in [-0.2, -0.15) is 0 Å². The van der Waals surface area contributed by atoms with Crippen molar-refractivity contribution in [2.45, 2.75) is 27.2 Å². The molecule has 3 heterocycles. The van der Waals surface area contributed by atoms with E-state index >= 15 is 0 Å². The van der Waals surface area contributed by atoms with Gasteiger partial charge in [0.15, 0.2) is 0 Å². The number of hydrogen-bond donors (Lipinski definition) is 2. The van der Waals surface area contributed by atoms with Crippen molar-refractivity contribution in [3.8, 4) is 0 Å².